The van der Waals surface area contributed by atoms with E-state index in [2.05, 4.69) is 26.0 Å². The zero-order chi connectivity index (χ0) is 24.5. The standard InChI is InChI=1S/C24H22FN7O3/c1-13-8-27-23(34)19-11-29-32-12-20(15-3-5-18(6-4-15)30-14(2)33)21(31-22(19)32)26-9-16-7-17(25)10-28-24(16)35-13/h3-7,10-13H,8-9H2,1-2H3,(H,26,31)(H,27,34)(H,30,33)/t13-/m0/s1. The number of carbonyl (C=O) groups excluding carboxylic acids is 2. The molecular formula is C24H22FN7O3. The third-order valence-electron chi connectivity index (χ3n) is 5.46. The SMILES string of the molecule is CC(=O)Nc1ccc(-c2cn3ncc4c3nc2NCc2cc(F)cnc2O[C@@H](C)CNC4=O)cc1. The maximum atomic E-state index is 14.0. The van der Waals surface area contributed by atoms with Gasteiger partial charge in [0.1, 0.15) is 23.3 Å². The molecule has 35 heavy (non-hydrogen) atoms. The lowest BCUT2D eigenvalue weighted by atomic mass is 10.1. The van der Waals surface area contributed by atoms with E-state index in [1.807, 2.05) is 12.1 Å². The summed E-state index contributed by atoms with van der Waals surface area (Å²) in [6, 6.07) is 8.58. The van der Waals surface area contributed by atoms with Gasteiger partial charge in [0.15, 0.2) is 5.65 Å². The van der Waals surface area contributed by atoms with Crippen molar-refractivity contribution in [3.05, 3.63) is 65.9 Å². The summed E-state index contributed by atoms with van der Waals surface area (Å²) in [5, 5.41) is 13.1. The lowest BCUT2D eigenvalue weighted by molar-refractivity contribution is -0.114. The molecule has 0 fully saturated rings. The van der Waals surface area contributed by atoms with E-state index in [9.17, 15) is 14.0 Å². The molecule has 5 rings (SSSR count). The fourth-order valence-corrected chi connectivity index (χ4v) is 3.80. The van der Waals surface area contributed by atoms with Crippen LogP contribution in [0, 0.1) is 5.82 Å². The highest BCUT2D eigenvalue weighted by molar-refractivity contribution is 6.00. The smallest absolute Gasteiger partial charge is 0.256 e. The van der Waals surface area contributed by atoms with Crippen LogP contribution in [0.3, 0.4) is 0 Å². The highest BCUT2D eigenvalue weighted by Crippen LogP contribution is 2.30. The molecule has 4 heterocycles. The molecule has 0 saturated heterocycles. The molecule has 0 unspecified atom stereocenters. The van der Waals surface area contributed by atoms with Crippen LogP contribution in [0.2, 0.25) is 0 Å². The molecule has 3 aromatic heterocycles. The summed E-state index contributed by atoms with van der Waals surface area (Å²) in [6.07, 6.45) is 3.91. The normalized spacial score (nSPS) is 15.6. The van der Waals surface area contributed by atoms with Crippen molar-refractivity contribution in [1.29, 1.82) is 0 Å². The minimum absolute atomic E-state index is 0.168. The van der Waals surface area contributed by atoms with E-state index in [4.69, 9.17) is 9.72 Å². The Morgan fingerprint density at radius 2 is 2.00 bits per heavy atom. The van der Waals surface area contributed by atoms with E-state index in [1.165, 1.54) is 23.7 Å². The van der Waals surface area contributed by atoms with Crippen molar-refractivity contribution in [2.24, 2.45) is 0 Å². The van der Waals surface area contributed by atoms with Gasteiger partial charge < -0.3 is 20.7 Å². The Morgan fingerprint density at radius 3 is 2.77 bits per heavy atom. The summed E-state index contributed by atoms with van der Waals surface area (Å²) >= 11 is 0. The Labute approximate surface area is 199 Å². The number of nitrogens with zero attached hydrogens (tertiary/aromatic N) is 4. The Kier molecular flexibility index (Phi) is 5.73. The third-order valence-corrected chi connectivity index (χ3v) is 5.46. The van der Waals surface area contributed by atoms with Crippen LogP contribution in [0.25, 0.3) is 16.8 Å². The molecule has 3 N–H and O–H groups in total. The fourth-order valence-electron chi connectivity index (χ4n) is 3.80. The van der Waals surface area contributed by atoms with Crippen LogP contribution in [-0.2, 0) is 11.3 Å². The Hall–Kier alpha value is -4.54. The molecule has 1 aliphatic rings. The maximum absolute atomic E-state index is 14.0. The van der Waals surface area contributed by atoms with E-state index in [-0.39, 0.29) is 30.8 Å². The quantitative estimate of drug-likeness (QED) is 0.407. The number of aromatic nitrogens is 4. The molecule has 0 radical (unpaired) electrons. The van der Waals surface area contributed by atoms with Crippen LogP contribution >= 0.6 is 0 Å². The van der Waals surface area contributed by atoms with Crippen LogP contribution in [-0.4, -0.2) is 44.0 Å². The predicted octanol–water partition coefficient (Wildman–Crippen LogP) is 3.01. The second-order valence-electron chi connectivity index (χ2n) is 8.20. The number of pyridine rings is 1. The monoisotopic (exact) mass is 475 g/mol. The molecule has 10 nitrogen and oxygen atoms in total. The molecule has 0 saturated carbocycles. The summed E-state index contributed by atoms with van der Waals surface area (Å²) in [5.41, 5.74) is 3.33. The number of halogens is 1. The maximum Gasteiger partial charge on any atom is 0.256 e. The number of rotatable bonds is 2. The minimum atomic E-state index is -0.491. The summed E-state index contributed by atoms with van der Waals surface area (Å²) in [6.45, 7) is 3.62. The number of anilines is 2. The van der Waals surface area contributed by atoms with Crippen molar-refractivity contribution in [1.82, 2.24) is 24.9 Å². The van der Waals surface area contributed by atoms with E-state index >= 15 is 0 Å². The number of amides is 2. The first-order valence-electron chi connectivity index (χ1n) is 11.0. The summed E-state index contributed by atoms with van der Waals surface area (Å²) in [4.78, 5) is 33.0. The third kappa shape index (κ3) is 4.60. The van der Waals surface area contributed by atoms with Crippen molar-refractivity contribution in [2.75, 3.05) is 17.2 Å². The predicted molar refractivity (Wildman–Crippen MR) is 127 cm³/mol. The molecule has 0 spiro atoms. The van der Waals surface area contributed by atoms with Crippen molar-refractivity contribution in [3.63, 3.8) is 0 Å². The molecule has 1 atom stereocenters. The number of hydrogen-bond donors (Lipinski definition) is 3. The van der Waals surface area contributed by atoms with Crippen molar-refractivity contribution in [2.45, 2.75) is 26.5 Å². The first-order chi connectivity index (χ1) is 16.9. The topological polar surface area (TPSA) is 123 Å². The molecule has 1 aliphatic heterocycles. The first kappa shape index (κ1) is 22.3. The van der Waals surface area contributed by atoms with Crippen LogP contribution in [0.15, 0.2) is 48.9 Å². The molecule has 178 valence electrons. The molecule has 0 aliphatic carbocycles. The zero-order valence-electron chi connectivity index (χ0n) is 19.0. The Balaban J connectivity index is 1.61. The summed E-state index contributed by atoms with van der Waals surface area (Å²) in [5.74, 6) is -0.270. The van der Waals surface area contributed by atoms with Gasteiger partial charge in [-0.15, -0.1) is 0 Å². The average Bonchev–Trinajstić information content (AvgIpc) is 3.25. The highest BCUT2D eigenvalue weighted by atomic mass is 19.1. The van der Waals surface area contributed by atoms with E-state index in [1.54, 1.807) is 25.3 Å². The van der Waals surface area contributed by atoms with Gasteiger partial charge in [-0.2, -0.15) is 5.10 Å². The molecule has 1 aromatic carbocycles. The second-order valence-corrected chi connectivity index (χ2v) is 8.20. The molecular weight excluding hydrogens is 453 g/mol. The fraction of sp³-hybridized carbons (Fsp3) is 0.208. The molecule has 2 amide bonds. The van der Waals surface area contributed by atoms with Gasteiger partial charge in [-0.05, 0) is 30.7 Å². The van der Waals surface area contributed by atoms with Crippen molar-refractivity contribution in [3.8, 4) is 17.0 Å². The second kappa shape index (κ2) is 9.01. The number of hydrogen-bond acceptors (Lipinski definition) is 7. The lowest BCUT2D eigenvalue weighted by Crippen LogP contribution is -2.33. The van der Waals surface area contributed by atoms with Gasteiger partial charge in [0.05, 0.1) is 18.9 Å². The van der Waals surface area contributed by atoms with Crippen LogP contribution in [0.5, 0.6) is 5.88 Å². The Bertz CT molecular complexity index is 1440. The lowest BCUT2D eigenvalue weighted by Gasteiger charge is -2.17. The van der Waals surface area contributed by atoms with E-state index in [0.29, 0.717) is 33.8 Å². The van der Waals surface area contributed by atoms with Gasteiger partial charge in [0.2, 0.25) is 11.8 Å². The van der Waals surface area contributed by atoms with Crippen LogP contribution in [0.1, 0.15) is 29.8 Å². The number of fused-ring (bicyclic) bond motifs is 2. The molecule has 11 heteroatoms. The van der Waals surface area contributed by atoms with Crippen molar-refractivity contribution < 1.29 is 18.7 Å². The molecule has 2 bridgehead atoms. The highest BCUT2D eigenvalue weighted by Gasteiger charge is 2.20. The van der Waals surface area contributed by atoms with Gasteiger partial charge >= 0.3 is 0 Å². The summed E-state index contributed by atoms with van der Waals surface area (Å²) < 4.78 is 21.4. The first-order valence-corrected chi connectivity index (χ1v) is 11.0. The minimum Gasteiger partial charge on any atom is -0.473 e. The number of carbonyl (C=O) groups is 2. The van der Waals surface area contributed by atoms with Gasteiger partial charge in [0, 0.05) is 36.5 Å². The average molecular weight is 475 g/mol. The number of nitrogens with one attached hydrogen (secondary N) is 3. The summed E-state index contributed by atoms with van der Waals surface area (Å²) in [7, 11) is 0. The van der Waals surface area contributed by atoms with Crippen LogP contribution < -0.4 is 20.7 Å². The number of benzene rings is 1. The Morgan fingerprint density at radius 1 is 1.20 bits per heavy atom. The van der Waals surface area contributed by atoms with Gasteiger partial charge in [-0.3, -0.25) is 9.59 Å². The molecule has 4 aromatic rings. The van der Waals surface area contributed by atoms with Gasteiger partial charge in [-0.25, -0.2) is 18.9 Å². The largest absolute Gasteiger partial charge is 0.473 e. The number of ether oxygens (including phenoxy) is 1. The van der Waals surface area contributed by atoms with Crippen molar-refractivity contribution >= 4 is 29.0 Å². The van der Waals surface area contributed by atoms with Crippen LogP contribution in [0.4, 0.5) is 15.9 Å². The van der Waals surface area contributed by atoms with E-state index < -0.39 is 11.9 Å². The van der Waals surface area contributed by atoms with Gasteiger partial charge in [0.25, 0.3) is 5.91 Å². The zero-order valence-corrected chi connectivity index (χ0v) is 19.0. The van der Waals surface area contributed by atoms with Gasteiger partial charge in [-0.1, -0.05) is 12.1 Å². The van der Waals surface area contributed by atoms with E-state index in [0.717, 1.165) is 11.8 Å².